The van der Waals surface area contributed by atoms with Gasteiger partial charge in [0.05, 0.1) is 12.5 Å². The van der Waals surface area contributed by atoms with E-state index in [0.717, 1.165) is 58.3 Å². The van der Waals surface area contributed by atoms with Gasteiger partial charge in [-0.05, 0) is 44.2 Å². The zero-order valence-electron chi connectivity index (χ0n) is 18.0. The van der Waals surface area contributed by atoms with Crippen molar-refractivity contribution >= 4 is 11.8 Å². The molecule has 29 heavy (non-hydrogen) atoms. The Balaban J connectivity index is 1.40. The third kappa shape index (κ3) is 6.54. The van der Waals surface area contributed by atoms with Gasteiger partial charge >= 0.3 is 0 Å². The third-order valence-electron chi connectivity index (χ3n) is 6.31. The molecule has 1 aromatic carbocycles. The highest BCUT2D eigenvalue weighted by molar-refractivity contribution is 5.79. The van der Waals surface area contributed by atoms with Crippen LogP contribution in [0.5, 0.6) is 0 Å². The Morgan fingerprint density at radius 2 is 1.79 bits per heavy atom. The minimum Gasteiger partial charge on any atom is -0.355 e. The van der Waals surface area contributed by atoms with Crippen LogP contribution >= 0.6 is 0 Å². The average molecular weight is 401 g/mol. The molecule has 2 saturated heterocycles. The number of likely N-dealkylation sites (tertiary alicyclic amines) is 2. The maximum absolute atomic E-state index is 12.7. The maximum Gasteiger partial charge on any atom is 0.236 e. The molecular weight excluding hydrogens is 364 g/mol. The molecule has 1 aromatic rings. The quantitative estimate of drug-likeness (QED) is 0.756. The summed E-state index contributed by atoms with van der Waals surface area (Å²) in [5.74, 6) is 0.487. The lowest BCUT2D eigenvalue weighted by molar-refractivity contribution is -0.131. The Labute approximate surface area is 175 Å². The Kier molecular flexibility index (Phi) is 8.07. The van der Waals surface area contributed by atoms with Crippen LogP contribution in [0.1, 0.15) is 31.2 Å². The molecule has 2 amide bonds. The van der Waals surface area contributed by atoms with E-state index < -0.39 is 0 Å². The van der Waals surface area contributed by atoms with E-state index in [2.05, 4.69) is 27.2 Å². The molecule has 160 valence electrons. The first-order valence-corrected chi connectivity index (χ1v) is 11.0. The van der Waals surface area contributed by atoms with Gasteiger partial charge in [0.1, 0.15) is 0 Å². The highest BCUT2D eigenvalue weighted by Crippen LogP contribution is 2.24. The first kappa shape index (κ1) is 21.8. The summed E-state index contributed by atoms with van der Waals surface area (Å²) in [4.78, 5) is 31.0. The Bertz CT molecular complexity index is 656. The number of hydrogen-bond acceptors (Lipinski definition) is 4. The van der Waals surface area contributed by atoms with Gasteiger partial charge in [-0.2, -0.15) is 0 Å². The molecule has 1 N–H and O–H groups in total. The van der Waals surface area contributed by atoms with Crippen molar-refractivity contribution < 1.29 is 9.59 Å². The molecule has 6 nitrogen and oxygen atoms in total. The third-order valence-corrected chi connectivity index (χ3v) is 6.31. The predicted octanol–water partition coefficient (Wildman–Crippen LogP) is 1.61. The van der Waals surface area contributed by atoms with E-state index in [1.54, 1.807) is 4.90 Å². The van der Waals surface area contributed by atoms with Crippen molar-refractivity contribution in [2.75, 3.05) is 53.4 Å². The van der Waals surface area contributed by atoms with Crippen molar-refractivity contribution in [1.29, 1.82) is 0 Å². The molecule has 2 heterocycles. The van der Waals surface area contributed by atoms with E-state index in [9.17, 15) is 9.59 Å². The van der Waals surface area contributed by atoms with Gasteiger partial charge in [0, 0.05) is 46.3 Å². The molecule has 0 aromatic heterocycles. The summed E-state index contributed by atoms with van der Waals surface area (Å²) in [5.41, 5.74) is 1.26. The van der Waals surface area contributed by atoms with Gasteiger partial charge in [0.25, 0.3) is 0 Å². The van der Waals surface area contributed by atoms with Crippen molar-refractivity contribution in [3.8, 4) is 0 Å². The van der Waals surface area contributed by atoms with E-state index in [1.165, 1.54) is 5.56 Å². The van der Waals surface area contributed by atoms with E-state index in [4.69, 9.17) is 0 Å². The Hall–Kier alpha value is -1.92. The largest absolute Gasteiger partial charge is 0.355 e. The second-order valence-corrected chi connectivity index (χ2v) is 8.66. The molecule has 6 heteroatoms. The summed E-state index contributed by atoms with van der Waals surface area (Å²) in [6.45, 7) is 5.13. The van der Waals surface area contributed by atoms with Crippen molar-refractivity contribution in [3.05, 3.63) is 35.9 Å². The highest BCUT2D eigenvalue weighted by atomic mass is 16.2. The van der Waals surface area contributed by atoms with Crippen LogP contribution in [0.15, 0.2) is 30.3 Å². The number of carbonyl (C=O) groups is 2. The molecule has 0 bridgehead atoms. The van der Waals surface area contributed by atoms with Crippen molar-refractivity contribution in [2.24, 2.45) is 5.92 Å². The van der Waals surface area contributed by atoms with E-state index >= 15 is 0 Å². The van der Waals surface area contributed by atoms with Gasteiger partial charge in [-0.15, -0.1) is 0 Å². The van der Waals surface area contributed by atoms with Crippen LogP contribution in [0.25, 0.3) is 0 Å². The molecule has 3 rings (SSSR count). The summed E-state index contributed by atoms with van der Waals surface area (Å²) >= 11 is 0. The number of carbonyl (C=O) groups excluding carboxylic acids is 2. The number of nitrogens with zero attached hydrogens (tertiary/aromatic N) is 3. The number of likely N-dealkylation sites (N-methyl/N-ethyl adjacent to an activating group) is 1. The minimum absolute atomic E-state index is 0.105. The van der Waals surface area contributed by atoms with Crippen molar-refractivity contribution in [3.63, 3.8) is 0 Å². The molecule has 0 aliphatic carbocycles. The highest BCUT2D eigenvalue weighted by Gasteiger charge is 2.31. The van der Waals surface area contributed by atoms with Crippen LogP contribution < -0.4 is 5.32 Å². The van der Waals surface area contributed by atoms with Crippen LogP contribution in [0.3, 0.4) is 0 Å². The topological polar surface area (TPSA) is 55.9 Å². The number of rotatable bonds is 7. The summed E-state index contributed by atoms with van der Waals surface area (Å²) < 4.78 is 0. The monoisotopic (exact) mass is 400 g/mol. The second-order valence-electron chi connectivity index (χ2n) is 8.66. The standard InChI is InChI=1S/C23H36N4O2/c1-25(2)22(28)18-26-15-11-21(12-16-26)27-14-6-9-20(17-27)23(29)24-13-10-19-7-4-3-5-8-19/h3-5,7-8,20-21H,6,9-18H2,1-2H3,(H,24,29)/t20-/m1/s1. The summed E-state index contributed by atoms with van der Waals surface area (Å²) in [7, 11) is 3.63. The van der Waals surface area contributed by atoms with E-state index in [0.29, 0.717) is 19.1 Å². The fourth-order valence-electron chi connectivity index (χ4n) is 4.45. The molecule has 2 aliphatic rings. The first-order chi connectivity index (χ1) is 14.0. The van der Waals surface area contributed by atoms with Gasteiger partial charge < -0.3 is 10.2 Å². The zero-order chi connectivity index (χ0) is 20.6. The van der Waals surface area contributed by atoms with Crippen molar-refractivity contribution in [2.45, 2.75) is 38.1 Å². The lowest BCUT2D eigenvalue weighted by atomic mass is 9.93. The first-order valence-electron chi connectivity index (χ1n) is 11.0. The molecular formula is C23H36N4O2. The van der Waals surface area contributed by atoms with Crippen LogP contribution in [0.2, 0.25) is 0 Å². The molecule has 2 fully saturated rings. The number of nitrogens with one attached hydrogen (secondary N) is 1. The molecule has 0 saturated carbocycles. The van der Waals surface area contributed by atoms with Gasteiger partial charge in [-0.1, -0.05) is 30.3 Å². The van der Waals surface area contributed by atoms with Crippen LogP contribution in [-0.4, -0.2) is 85.9 Å². The van der Waals surface area contributed by atoms with Gasteiger partial charge in [0.15, 0.2) is 0 Å². The number of piperidine rings is 2. The average Bonchev–Trinajstić information content (AvgIpc) is 2.75. The van der Waals surface area contributed by atoms with E-state index in [1.807, 2.05) is 32.3 Å². The number of benzene rings is 1. The maximum atomic E-state index is 12.7. The van der Waals surface area contributed by atoms with E-state index in [-0.39, 0.29) is 17.7 Å². The second kappa shape index (κ2) is 10.7. The van der Waals surface area contributed by atoms with Crippen molar-refractivity contribution in [1.82, 2.24) is 20.0 Å². The summed E-state index contributed by atoms with van der Waals surface area (Å²) in [6, 6.07) is 10.8. The van der Waals surface area contributed by atoms with Gasteiger partial charge in [0.2, 0.25) is 11.8 Å². The smallest absolute Gasteiger partial charge is 0.236 e. The van der Waals surface area contributed by atoms with Crippen LogP contribution in [-0.2, 0) is 16.0 Å². The molecule has 0 spiro atoms. The summed E-state index contributed by atoms with van der Waals surface area (Å²) in [5, 5.41) is 3.15. The van der Waals surface area contributed by atoms with Gasteiger partial charge in [-0.25, -0.2) is 0 Å². The summed E-state index contributed by atoms with van der Waals surface area (Å²) in [6.07, 6.45) is 5.14. The lowest BCUT2D eigenvalue weighted by Gasteiger charge is -2.42. The Morgan fingerprint density at radius 1 is 1.07 bits per heavy atom. The molecule has 2 aliphatic heterocycles. The number of amides is 2. The zero-order valence-corrected chi connectivity index (χ0v) is 18.0. The molecule has 1 atom stereocenters. The van der Waals surface area contributed by atoms with Crippen LogP contribution in [0, 0.1) is 5.92 Å². The SMILES string of the molecule is CN(C)C(=O)CN1CCC(N2CCC[C@@H](C(=O)NCCc3ccccc3)C2)CC1. The minimum atomic E-state index is 0.105. The Morgan fingerprint density at radius 3 is 2.48 bits per heavy atom. The molecule has 0 radical (unpaired) electrons. The normalized spacial score (nSPS) is 21.7. The number of hydrogen-bond donors (Lipinski definition) is 1. The molecule has 0 unspecified atom stereocenters. The van der Waals surface area contributed by atoms with Crippen LogP contribution in [0.4, 0.5) is 0 Å². The lowest BCUT2D eigenvalue weighted by Crippen LogP contribution is -2.51. The fourth-order valence-corrected chi connectivity index (χ4v) is 4.45. The van der Waals surface area contributed by atoms with Gasteiger partial charge in [-0.3, -0.25) is 19.4 Å². The predicted molar refractivity (Wildman–Crippen MR) is 116 cm³/mol. The fraction of sp³-hybridized carbons (Fsp3) is 0.652.